The lowest BCUT2D eigenvalue weighted by atomic mass is 10.0. The Hall–Kier alpha value is -2.19. The average molecular weight is 344 g/mol. The molecule has 5 heteroatoms. The summed E-state index contributed by atoms with van der Waals surface area (Å²) in [7, 11) is 0. The third kappa shape index (κ3) is 7.06. The van der Waals surface area contributed by atoms with Gasteiger partial charge in [-0.25, -0.2) is 4.79 Å². The van der Waals surface area contributed by atoms with Gasteiger partial charge in [-0.05, 0) is 51.3 Å². The van der Waals surface area contributed by atoms with Crippen molar-refractivity contribution in [3.63, 3.8) is 0 Å². The van der Waals surface area contributed by atoms with Crippen LogP contribution in [-0.4, -0.2) is 42.3 Å². The largest absolute Gasteiger partial charge is 0.481 e. The number of carbonyl (C=O) groups excluding carboxylic acids is 1. The van der Waals surface area contributed by atoms with Crippen molar-refractivity contribution in [2.75, 3.05) is 19.7 Å². The minimum absolute atomic E-state index is 0.186. The van der Waals surface area contributed by atoms with E-state index in [2.05, 4.69) is 28.3 Å². The zero-order chi connectivity index (χ0) is 18.3. The second kappa shape index (κ2) is 8.77. The van der Waals surface area contributed by atoms with E-state index in [1.165, 1.54) is 5.56 Å². The van der Waals surface area contributed by atoms with Crippen LogP contribution in [0.5, 0.6) is 5.75 Å². The normalized spacial score (nSPS) is 16.1. The fraction of sp³-hybridized carbons (Fsp3) is 0.550. The quantitative estimate of drug-likeness (QED) is 0.834. The van der Waals surface area contributed by atoms with Gasteiger partial charge >= 0.3 is 6.09 Å². The lowest BCUT2D eigenvalue weighted by Gasteiger charge is -2.32. The van der Waals surface area contributed by atoms with Gasteiger partial charge in [-0.2, -0.15) is 0 Å². The summed E-state index contributed by atoms with van der Waals surface area (Å²) in [6.45, 7) is 8.71. The molecule has 0 bridgehead atoms. The maximum absolute atomic E-state index is 11.8. The van der Waals surface area contributed by atoms with Crippen LogP contribution in [0, 0.1) is 12.3 Å². The van der Waals surface area contributed by atoms with Gasteiger partial charge in [0.1, 0.15) is 18.0 Å². The molecule has 2 rings (SSSR count). The van der Waals surface area contributed by atoms with E-state index >= 15 is 0 Å². The third-order valence-corrected chi connectivity index (χ3v) is 3.96. The number of ether oxygens (including phenoxy) is 2. The first-order valence-corrected chi connectivity index (χ1v) is 8.73. The molecule has 0 atom stereocenters. The summed E-state index contributed by atoms with van der Waals surface area (Å²) in [6, 6.07) is 8.21. The topological polar surface area (TPSA) is 50.8 Å². The van der Waals surface area contributed by atoms with Crippen LogP contribution in [0.2, 0.25) is 0 Å². The Morgan fingerprint density at radius 3 is 2.48 bits per heavy atom. The standard InChI is InChI=1S/C20H28N2O3/c1-5-14-24-18-8-6-16(7-9-18)15-22-12-10-17(11-13-22)21-19(23)25-20(2,3)4/h1,6-9,17H,10-15H2,2-4H3,(H,21,23). The number of nitrogens with one attached hydrogen (secondary N) is 1. The van der Waals surface area contributed by atoms with Crippen LogP contribution in [-0.2, 0) is 11.3 Å². The average Bonchev–Trinajstić information content (AvgIpc) is 2.54. The number of terminal acetylenes is 1. The van der Waals surface area contributed by atoms with Crippen LogP contribution in [0.3, 0.4) is 0 Å². The maximum Gasteiger partial charge on any atom is 0.407 e. The number of alkyl carbamates (subject to hydrolysis) is 1. The first kappa shape index (κ1) is 19.1. The van der Waals surface area contributed by atoms with Crippen molar-refractivity contribution >= 4 is 6.09 Å². The number of rotatable bonds is 5. The Labute approximate surface area is 150 Å². The van der Waals surface area contributed by atoms with Gasteiger partial charge in [0.2, 0.25) is 0 Å². The number of benzene rings is 1. The summed E-state index contributed by atoms with van der Waals surface area (Å²) in [5, 5.41) is 2.97. The SMILES string of the molecule is C#CCOc1ccc(CN2CCC(NC(=O)OC(C)(C)C)CC2)cc1. The molecule has 1 amide bonds. The molecule has 136 valence electrons. The number of hydrogen-bond donors (Lipinski definition) is 1. The molecule has 1 aromatic carbocycles. The van der Waals surface area contributed by atoms with Crippen molar-refractivity contribution in [1.82, 2.24) is 10.2 Å². The number of piperidine rings is 1. The van der Waals surface area contributed by atoms with Crippen LogP contribution in [0.25, 0.3) is 0 Å². The molecule has 1 saturated heterocycles. The van der Waals surface area contributed by atoms with E-state index in [0.717, 1.165) is 38.2 Å². The van der Waals surface area contributed by atoms with Gasteiger partial charge in [0.15, 0.2) is 0 Å². The molecular formula is C20H28N2O3. The Bertz CT molecular complexity index is 591. The zero-order valence-corrected chi connectivity index (χ0v) is 15.4. The predicted molar refractivity (Wildman–Crippen MR) is 98.4 cm³/mol. The molecule has 25 heavy (non-hydrogen) atoms. The zero-order valence-electron chi connectivity index (χ0n) is 15.4. The lowest BCUT2D eigenvalue weighted by Crippen LogP contribution is -2.45. The summed E-state index contributed by atoms with van der Waals surface area (Å²) >= 11 is 0. The third-order valence-electron chi connectivity index (χ3n) is 3.96. The van der Waals surface area contributed by atoms with Crippen molar-refractivity contribution in [2.45, 2.75) is 51.8 Å². The fourth-order valence-corrected chi connectivity index (χ4v) is 2.78. The number of carbonyl (C=O) groups is 1. The summed E-state index contributed by atoms with van der Waals surface area (Å²) in [5.41, 5.74) is 0.785. The second-order valence-electron chi connectivity index (χ2n) is 7.33. The molecule has 0 unspecified atom stereocenters. The van der Waals surface area contributed by atoms with Gasteiger partial charge in [-0.15, -0.1) is 6.42 Å². The molecule has 1 N–H and O–H groups in total. The second-order valence-corrected chi connectivity index (χ2v) is 7.33. The van der Waals surface area contributed by atoms with E-state index in [1.807, 2.05) is 32.9 Å². The monoisotopic (exact) mass is 344 g/mol. The number of amides is 1. The number of hydrogen-bond acceptors (Lipinski definition) is 4. The summed E-state index contributed by atoms with van der Waals surface area (Å²) in [4.78, 5) is 14.2. The van der Waals surface area contributed by atoms with Crippen molar-refractivity contribution in [3.05, 3.63) is 29.8 Å². The van der Waals surface area contributed by atoms with Gasteiger partial charge in [0.25, 0.3) is 0 Å². The van der Waals surface area contributed by atoms with Crippen molar-refractivity contribution < 1.29 is 14.3 Å². The number of likely N-dealkylation sites (tertiary alicyclic amines) is 1. The lowest BCUT2D eigenvalue weighted by molar-refractivity contribution is 0.0477. The summed E-state index contributed by atoms with van der Waals surface area (Å²) in [5.74, 6) is 3.25. The first-order chi connectivity index (χ1) is 11.9. The Morgan fingerprint density at radius 1 is 1.28 bits per heavy atom. The summed E-state index contributed by atoms with van der Waals surface area (Å²) in [6.07, 6.45) is 6.73. The van der Waals surface area contributed by atoms with E-state index in [0.29, 0.717) is 0 Å². The van der Waals surface area contributed by atoms with E-state index in [1.54, 1.807) is 0 Å². The molecule has 5 nitrogen and oxygen atoms in total. The smallest absolute Gasteiger partial charge is 0.407 e. The van der Waals surface area contributed by atoms with Crippen LogP contribution < -0.4 is 10.1 Å². The van der Waals surface area contributed by atoms with Gasteiger partial charge in [-0.1, -0.05) is 18.1 Å². The molecule has 1 aliphatic heterocycles. The molecule has 0 spiro atoms. The Kier molecular flexibility index (Phi) is 6.72. The van der Waals surface area contributed by atoms with Crippen molar-refractivity contribution in [1.29, 1.82) is 0 Å². The highest BCUT2D eigenvalue weighted by atomic mass is 16.6. The number of nitrogens with zero attached hydrogens (tertiary/aromatic N) is 1. The van der Waals surface area contributed by atoms with E-state index in [4.69, 9.17) is 15.9 Å². The maximum atomic E-state index is 11.8. The Balaban J connectivity index is 1.73. The highest BCUT2D eigenvalue weighted by Crippen LogP contribution is 2.17. The van der Waals surface area contributed by atoms with E-state index in [9.17, 15) is 4.79 Å². The fourth-order valence-electron chi connectivity index (χ4n) is 2.78. The molecule has 1 aliphatic rings. The van der Waals surface area contributed by atoms with Gasteiger partial charge in [0.05, 0.1) is 0 Å². The molecule has 0 aliphatic carbocycles. The molecule has 1 heterocycles. The molecule has 0 radical (unpaired) electrons. The molecular weight excluding hydrogens is 316 g/mol. The molecule has 0 saturated carbocycles. The van der Waals surface area contributed by atoms with Crippen molar-refractivity contribution in [2.24, 2.45) is 0 Å². The predicted octanol–water partition coefficient (Wildman–Crippen LogP) is 3.19. The molecule has 0 aromatic heterocycles. The van der Waals surface area contributed by atoms with Crippen LogP contribution >= 0.6 is 0 Å². The van der Waals surface area contributed by atoms with Gasteiger partial charge in [-0.3, -0.25) is 4.90 Å². The van der Waals surface area contributed by atoms with Crippen LogP contribution in [0.15, 0.2) is 24.3 Å². The highest BCUT2D eigenvalue weighted by Gasteiger charge is 2.23. The highest BCUT2D eigenvalue weighted by molar-refractivity contribution is 5.68. The molecule has 1 fully saturated rings. The minimum atomic E-state index is -0.457. The van der Waals surface area contributed by atoms with E-state index < -0.39 is 5.60 Å². The van der Waals surface area contributed by atoms with Gasteiger partial charge in [0, 0.05) is 25.7 Å². The van der Waals surface area contributed by atoms with Crippen LogP contribution in [0.4, 0.5) is 4.79 Å². The molecule has 1 aromatic rings. The minimum Gasteiger partial charge on any atom is -0.481 e. The van der Waals surface area contributed by atoms with Crippen LogP contribution in [0.1, 0.15) is 39.2 Å². The van der Waals surface area contributed by atoms with Crippen molar-refractivity contribution in [3.8, 4) is 18.1 Å². The first-order valence-electron chi connectivity index (χ1n) is 8.73. The summed E-state index contributed by atoms with van der Waals surface area (Å²) < 4.78 is 10.7. The van der Waals surface area contributed by atoms with E-state index in [-0.39, 0.29) is 18.7 Å². The Morgan fingerprint density at radius 2 is 1.92 bits per heavy atom. The van der Waals surface area contributed by atoms with Gasteiger partial charge < -0.3 is 14.8 Å².